The van der Waals surface area contributed by atoms with E-state index in [0.717, 1.165) is 39.8 Å². The molecule has 0 spiro atoms. The molecule has 1 aliphatic heterocycles. The molecule has 0 unspecified atom stereocenters. The van der Waals surface area contributed by atoms with Gasteiger partial charge in [0.05, 0.1) is 38.6 Å². The Kier molecular flexibility index (Phi) is 10.5. The van der Waals surface area contributed by atoms with Gasteiger partial charge in [0, 0.05) is 39.1 Å². The van der Waals surface area contributed by atoms with Gasteiger partial charge in [-0.2, -0.15) is 0 Å². The van der Waals surface area contributed by atoms with Crippen molar-refractivity contribution in [2.45, 2.75) is 71.8 Å². The van der Waals surface area contributed by atoms with Gasteiger partial charge in [-0.3, -0.25) is 9.36 Å². The number of pyridine rings is 1. The molecule has 1 aliphatic rings. The van der Waals surface area contributed by atoms with Crippen LogP contribution in [0.15, 0.2) is 48.5 Å². The lowest BCUT2D eigenvalue weighted by Crippen LogP contribution is -2.31. The van der Waals surface area contributed by atoms with Crippen LogP contribution in [-0.4, -0.2) is 74.0 Å². The fourth-order valence-corrected chi connectivity index (χ4v) is 6.70. The molecule has 0 radical (unpaired) electrons. The molecule has 0 saturated carbocycles. The van der Waals surface area contributed by atoms with Gasteiger partial charge in [-0.1, -0.05) is 31.8 Å². The minimum Gasteiger partial charge on any atom is -0.497 e. The molecule has 252 valence electrons. The van der Waals surface area contributed by atoms with Crippen LogP contribution in [0.25, 0.3) is 22.3 Å². The van der Waals surface area contributed by atoms with Crippen molar-refractivity contribution >= 4 is 25.0 Å². The highest BCUT2D eigenvalue weighted by molar-refractivity contribution is 6.76. The standard InChI is InChI=1S/C36H48N4O6Si/c1-23(26-10-13-29(42-4)14-11-26)39-21-28(19-34(39)41)24(2)46-36-35-31(37-25(3)40(35)22-45-16-17-47(7,8)9)20-30(38-36)27-12-15-32(43-5)33(18-27)44-6/h10-15,18,20,23-24,28H,16-17,19,21-22H2,1-9H3/t23-,24-,28-/m1/s1. The molecule has 4 aromatic rings. The van der Waals surface area contributed by atoms with Gasteiger partial charge in [0.15, 0.2) is 11.5 Å². The van der Waals surface area contributed by atoms with Crippen molar-refractivity contribution in [2.75, 3.05) is 34.5 Å². The van der Waals surface area contributed by atoms with E-state index in [1.807, 2.05) is 71.8 Å². The summed E-state index contributed by atoms with van der Waals surface area (Å²) in [6.45, 7) is 14.7. The molecule has 2 aromatic heterocycles. The SMILES string of the molecule is COc1ccc([C@@H](C)N2C[C@H]([C@@H](C)Oc3nc(-c4ccc(OC)c(OC)c4)cc4nc(C)n(COCC[Si](C)(C)C)c34)CC2=O)cc1. The summed E-state index contributed by atoms with van der Waals surface area (Å²) in [7, 11) is 3.63. The number of imidazole rings is 1. The second-order valence-electron chi connectivity index (χ2n) is 13.5. The van der Waals surface area contributed by atoms with E-state index < -0.39 is 8.07 Å². The van der Waals surface area contributed by atoms with Crippen molar-refractivity contribution in [3.8, 4) is 34.4 Å². The van der Waals surface area contributed by atoms with Crippen LogP contribution < -0.4 is 18.9 Å². The van der Waals surface area contributed by atoms with Crippen molar-refractivity contribution in [1.29, 1.82) is 0 Å². The van der Waals surface area contributed by atoms with Crippen LogP contribution in [0.5, 0.6) is 23.1 Å². The Bertz CT molecular complexity index is 1700. The summed E-state index contributed by atoms with van der Waals surface area (Å²) in [6, 6.07) is 16.6. The number of likely N-dealkylation sites (tertiary alicyclic amines) is 1. The van der Waals surface area contributed by atoms with Crippen molar-refractivity contribution in [3.05, 3.63) is 59.9 Å². The monoisotopic (exact) mass is 660 g/mol. The lowest BCUT2D eigenvalue weighted by molar-refractivity contribution is -0.129. The summed E-state index contributed by atoms with van der Waals surface area (Å²) < 4.78 is 31.3. The van der Waals surface area contributed by atoms with Gasteiger partial charge in [-0.15, -0.1) is 0 Å². The Morgan fingerprint density at radius 1 is 0.936 bits per heavy atom. The number of aromatic nitrogens is 3. The number of benzene rings is 2. The molecule has 0 N–H and O–H groups in total. The zero-order valence-corrected chi connectivity index (χ0v) is 30.1. The maximum atomic E-state index is 13.3. The van der Waals surface area contributed by atoms with E-state index in [2.05, 4.69) is 26.6 Å². The van der Waals surface area contributed by atoms with Gasteiger partial charge in [0.2, 0.25) is 11.8 Å². The first-order chi connectivity index (χ1) is 22.4. The average Bonchev–Trinajstić information content (AvgIpc) is 3.60. The van der Waals surface area contributed by atoms with E-state index in [1.165, 1.54) is 0 Å². The highest BCUT2D eigenvalue weighted by atomic mass is 28.3. The second kappa shape index (κ2) is 14.3. The maximum absolute atomic E-state index is 13.3. The van der Waals surface area contributed by atoms with Crippen molar-refractivity contribution < 1.29 is 28.5 Å². The highest BCUT2D eigenvalue weighted by Crippen LogP contribution is 2.37. The summed E-state index contributed by atoms with van der Waals surface area (Å²) in [4.78, 5) is 25.2. The number of hydrogen-bond donors (Lipinski definition) is 0. The maximum Gasteiger partial charge on any atom is 0.241 e. The topological polar surface area (TPSA) is 97.2 Å². The zero-order valence-electron chi connectivity index (χ0n) is 29.1. The van der Waals surface area contributed by atoms with E-state index in [-0.39, 0.29) is 24.0 Å². The molecular weight excluding hydrogens is 613 g/mol. The van der Waals surface area contributed by atoms with Gasteiger partial charge in [0.25, 0.3) is 0 Å². The lowest BCUT2D eigenvalue weighted by atomic mass is 10.0. The molecule has 3 heterocycles. The smallest absolute Gasteiger partial charge is 0.241 e. The molecule has 5 rings (SSSR count). The predicted octanol–water partition coefficient (Wildman–Crippen LogP) is 7.12. The Balaban J connectivity index is 1.45. The van der Waals surface area contributed by atoms with Crippen molar-refractivity contribution in [1.82, 2.24) is 19.4 Å². The number of methoxy groups -OCH3 is 3. The van der Waals surface area contributed by atoms with E-state index in [1.54, 1.807) is 21.3 Å². The third-order valence-corrected chi connectivity index (χ3v) is 10.7. The third kappa shape index (κ3) is 7.73. The Labute approximate surface area is 279 Å². The van der Waals surface area contributed by atoms with Crippen LogP contribution in [0.3, 0.4) is 0 Å². The summed E-state index contributed by atoms with van der Waals surface area (Å²) in [5.41, 5.74) is 4.14. The fraction of sp³-hybridized carbons (Fsp3) is 0.472. The second-order valence-corrected chi connectivity index (χ2v) is 19.1. The highest BCUT2D eigenvalue weighted by Gasteiger charge is 2.37. The number of amides is 1. The van der Waals surface area contributed by atoms with Gasteiger partial charge >= 0.3 is 0 Å². The van der Waals surface area contributed by atoms with E-state index in [4.69, 9.17) is 33.7 Å². The van der Waals surface area contributed by atoms with E-state index in [0.29, 0.717) is 49.4 Å². The number of carbonyl (C=O) groups is 1. The molecular formula is C36H48N4O6Si. The molecule has 11 heteroatoms. The average molecular weight is 661 g/mol. The molecule has 1 fully saturated rings. The number of nitrogens with zero attached hydrogens (tertiary/aromatic N) is 4. The molecule has 2 aromatic carbocycles. The van der Waals surface area contributed by atoms with Gasteiger partial charge in [-0.25, -0.2) is 9.97 Å². The Morgan fingerprint density at radius 3 is 2.32 bits per heavy atom. The summed E-state index contributed by atoms with van der Waals surface area (Å²) in [5, 5.41) is 0. The molecule has 1 saturated heterocycles. The van der Waals surface area contributed by atoms with Crippen LogP contribution >= 0.6 is 0 Å². The minimum absolute atomic E-state index is 0.0183. The first kappa shape index (κ1) is 34.2. The van der Waals surface area contributed by atoms with Crippen LogP contribution in [0, 0.1) is 12.8 Å². The number of carbonyl (C=O) groups excluding carboxylic acids is 1. The number of ether oxygens (including phenoxy) is 5. The predicted molar refractivity (Wildman–Crippen MR) is 186 cm³/mol. The van der Waals surface area contributed by atoms with Gasteiger partial charge in [-0.05, 0) is 68.8 Å². The third-order valence-electron chi connectivity index (χ3n) is 8.99. The van der Waals surface area contributed by atoms with Gasteiger partial charge < -0.3 is 28.6 Å². The molecule has 1 amide bonds. The molecule has 3 atom stereocenters. The first-order valence-electron chi connectivity index (χ1n) is 16.2. The van der Waals surface area contributed by atoms with Crippen LogP contribution in [0.4, 0.5) is 0 Å². The summed E-state index contributed by atoms with van der Waals surface area (Å²) >= 11 is 0. The van der Waals surface area contributed by atoms with E-state index >= 15 is 0 Å². The molecule has 0 bridgehead atoms. The zero-order chi connectivity index (χ0) is 33.9. The van der Waals surface area contributed by atoms with Crippen molar-refractivity contribution in [3.63, 3.8) is 0 Å². The van der Waals surface area contributed by atoms with E-state index in [9.17, 15) is 4.79 Å². The van der Waals surface area contributed by atoms with Crippen LogP contribution in [0.1, 0.15) is 37.7 Å². The number of hydrogen-bond acceptors (Lipinski definition) is 8. The summed E-state index contributed by atoms with van der Waals surface area (Å²) in [6.07, 6.45) is 0.109. The summed E-state index contributed by atoms with van der Waals surface area (Å²) in [5.74, 6) is 3.40. The Morgan fingerprint density at radius 2 is 1.66 bits per heavy atom. The Hall–Kier alpha value is -4.09. The van der Waals surface area contributed by atoms with Crippen molar-refractivity contribution in [2.24, 2.45) is 5.92 Å². The van der Waals surface area contributed by atoms with Gasteiger partial charge in [0.1, 0.15) is 29.9 Å². The molecule has 47 heavy (non-hydrogen) atoms. The quantitative estimate of drug-likeness (QED) is 0.104. The number of aryl methyl sites for hydroxylation is 1. The first-order valence-corrected chi connectivity index (χ1v) is 19.9. The van der Waals surface area contributed by atoms with Crippen LogP contribution in [-0.2, 0) is 16.3 Å². The molecule has 10 nitrogen and oxygen atoms in total. The number of rotatable bonds is 14. The normalized spacial score (nSPS) is 16.4. The minimum atomic E-state index is -1.24. The molecule has 0 aliphatic carbocycles. The fourth-order valence-electron chi connectivity index (χ4n) is 5.94. The largest absolute Gasteiger partial charge is 0.497 e. The number of fused-ring (bicyclic) bond motifs is 1. The van der Waals surface area contributed by atoms with Crippen LogP contribution in [0.2, 0.25) is 25.7 Å². The lowest BCUT2D eigenvalue weighted by Gasteiger charge is -2.27.